The number of carboxylic acids is 1. The maximum absolute atomic E-state index is 10.9. The molecule has 1 N–H and O–H groups in total. The van der Waals surface area contributed by atoms with E-state index < -0.39 is 5.97 Å². The first-order valence-corrected chi connectivity index (χ1v) is 5.75. The van der Waals surface area contributed by atoms with Crippen molar-refractivity contribution in [1.82, 2.24) is 14.5 Å². The standard InChI is InChI=1S/C12H15N3O2/c1-3-5-15-10(4-2)14-9-6-8(12(16)17)7-13-11(9)15/h6-7H,3-5H2,1-2H3,(H,16,17). The van der Waals surface area contributed by atoms with Crippen LogP contribution in [-0.2, 0) is 13.0 Å². The lowest BCUT2D eigenvalue weighted by molar-refractivity contribution is 0.0696. The summed E-state index contributed by atoms with van der Waals surface area (Å²) in [5, 5.41) is 8.91. The molecule has 5 nitrogen and oxygen atoms in total. The molecule has 2 aromatic heterocycles. The predicted octanol–water partition coefficient (Wildman–Crippen LogP) is 2.10. The first kappa shape index (κ1) is 11.6. The Balaban J connectivity index is 2.61. The van der Waals surface area contributed by atoms with Gasteiger partial charge >= 0.3 is 5.97 Å². The SMILES string of the molecule is CCCn1c(CC)nc2cc(C(=O)O)cnc21. The molecule has 0 aliphatic heterocycles. The van der Waals surface area contributed by atoms with Crippen molar-refractivity contribution in [3.8, 4) is 0 Å². The van der Waals surface area contributed by atoms with Crippen LogP contribution in [-0.4, -0.2) is 25.6 Å². The van der Waals surface area contributed by atoms with Gasteiger partial charge in [-0.05, 0) is 12.5 Å². The molecule has 0 unspecified atom stereocenters. The van der Waals surface area contributed by atoms with Gasteiger partial charge in [0.25, 0.3) is 0 Å². The zero-order valence-corrected chi connectivity index (χ0v) is 9.97. The second kappa shape index (κ2) is 4.53. The van der Waals surface area contributed by atoms with Crippen molar-refractivity contribution < 1.29 is 9.90 Å². The van der Waals surface area contributed by atoms with E-state index in [1.807, 2.05) is 6.92 Å². The molecule has 0 bridgehead atoms. The van der Waals surface area contributed by atoms with Gasteiger partial charge < -0.3 is 9.67 Å². The summed E-state index contributed by atoms with van der Waals surface area (Å²) in [5.41, 5.74) is 1.62. The Labute approximate surface area is 99.1 Å². The third kappa shape index (κ3) is 2.00. The van der Waals surface area contributed by atoms with Gasteiger partial charge in [-0.2, -0.15) is 0 Å². The van der Waals surface area contributed by atoms with Crippen molar-refractivity contribution in [2.75, 3.05) is 0 Å². The van der Waals surface area contributed by atoms with Crippen molar-refractivity contribution in [2.45, 2.75) is 33.2 Å². The van der Waals surface area contributed by atoms with Crippen molar-refractivity contribution in [3.05, 3.63) is 23.7 Å². The van der Waals surface area contributed by atoms with Gasteiger partial charge in [-0.3, -0.25) is 0 Å². The van der Waals surface area contributed by atoms with Crippen molar-refractivity contribution in [3.63, 3.8) is 0 Å². The zero-order chi connectivity index (χ0) is 12.4. The summed E-state index contributed by atoms with van der Waals surface area (Å²) in [5.74, 6) is -0.0145. The highest BCUT2D eigenvalue weighted by atomic mass is 16.4. The summed E-state index contributed by atoms with van der Waals surface area (Å²) in [7, 11) is 0. The number of carboxylic acid groups (broad SMARTS) is 1. The highest BCUT2D eigenvalue weighted by molar-refractivity contribution is 5.90. The van der Waals surface area contributed by atoms with Gasteiger partial charge in [0.2, 0.25) is 0 Å². The van der Waals surface area contributed by atoms with E-state index in [0.717, 1.165) is 30.9 Å². The lowest BCUT2D eigenvalue weighted by Crippen LogP contribution is -2.03. The number of aromatic nitrogens is 3. The number of hydrogen-bond donors (Lipinski definition) is 1. The Hall–Kier alpha value is -1.91. The number of imidazole rings is 1. The number of rotatable bonds is 4. The number of hydrogen-bond acceptors (Lipinski definition) is 3. The average molecular weight is 233 g/mol. The number of carbonyl (C=O) groups is 1. The molecular weight excluding hydrogens is 218 g/mol. The monoisotopic (exact) mass is 233 g/mol. The van der Waals surface area contributed by atoms with E-state index in [1.165, 1.54) is 6.20 Å². The minimum absolute atomic E-state index is 0.182. The van der Waals surface area contributed by atoms with Gasteiger partial charge in [-0.15, -0.1) is 0 Å². The van der Waals surface area contributed by atoms with Crippen LogP contribution in [0.25, 0.3) is 11.2 Å². The number of aromatic carboxylic acids is 1. The minimum Gasteiger partial charge on any atom is -0.478 e. The van der Waals surface area contributed by atoms with Crippen LogP contribution >= 0.6 is 0 Å². The second-order valence-corrected chi connectivity index (χ2v) is 3.91. The Morgan fingerprint density at radius 2 is 2.24 bits per heavy atom. The summed E-state index contributed by atoms with van der Waals surface area (Å²) in [6, 6.07) is 1.58. The molecule has 0 saturated carbocycles. The van der Waals surface area contributed by atoms with Crippen LogP contribution in [0.2, 0.25) is 0 Å². The number of pyridine rings is 1. The molecule has 2 aromatic rings. The summed E-state index contributed by atoms with van der Waals surface area (Å²) < 4.78 is 2.06. The Morgan fingerprint density at radius 1 is 1.47 bits per heavy atom. The predicted molar refractivity (Wildman–Crippen MR) is 64.2 cm³/mol. The summed E-state index contributed by atoms with van der Waals surface area (Å²) in [6.45, 7) is 4.99. The summed E-state index contributed by atoms with van der Waals surface area (Å²) >= 11 is 0. The maximum atomic E-state index is 10.9. The Kier molecular flexibility index (Phi) is 3.08. The smallest absolute Gasteiger partial charge is 0.337 e. The van der Waals surface area contributed by atoms with Crippen LogP contribution < -0.4 is 0 Å². The number of fused-ring (bicyclic) bond motifs is 1. The molecule has 90 valence electrons. The molecule has 0 radical (unpaired) electrons. The number of aryl methyl sites for hydroxylation is 2. The van der Waals surface area contributed by atoms with E-state index in [-0.39, 0.29) is 5.56 Å². The molecule has 0 aromatic carbocycles. The van der Waals surface area contributed by atoms with Gasteiger partial charge in [0.1, 0.15) is 11.3 Å². The first-order valence-electron chi connectivity index (χ1n) is 5.75. The quantitative estimate of drug-likeness (QED) is 0.878. The van der Waals surface area contributed by atoms with Crippen LogP contribution in [0.5, 0.6) is 0 Å². The van der Waals surface area contributed by atoms with Crippen molar-refractivity contribution in [2.24, 2.45) is 0 Å². The highest BCUT2D eigenvalue weighted by Gasteiger charge is 2.12. The molecule has 5 heteroatoms. The van der Waals surface area contributed by atoms with Gasteiger partial charge in [-0.1, -0.05) is 13.8 Å². The molecule has 0 atom stereocenters. The minimum atomic E-state index is -0.970. The summed E-state index contributed by atoms with van der Waals surface area (Å²) in [4.78, 5) is 19.5. The fourth-order valence-electron chi connectivity index (χ4n) is 1.90. The second-order valence-electron chi connectivity index (χ2n) is 3.91. The fraction of sp³-hybridized carbons (Fsp3) is 0.417. The van der Waals surface area contributed by atoms with Crippen LogP contribution in [0, 0.1) is 0 Å². The van der Waals surface area contributed by atoms with Crippen LogP contribution in [0.4, 0.5) is 0 Å². The lowest BCUT2D eigenvalue weighted by atomic mass is 10.3. The molecule has 0 fully saturated rings. The van der Waals surface area contributed by atoms with E-state index in [2.05, 4.69) is 21.5 Å². The molecule has 0 aliphatic rings. The van der Waals surface area contributed by atoms with E-state index in [4.69, 9.17) is 5.11 Å². The van der Waals surface area contributed by atoms with Crippen LogP contribution in [0.1, 0.15) is 36.5 Å². The fourth-order valence-corrected chi connectivity index (χ4v) is 1.90. The van der Waals surface area contributed by atoms with Gasteiger partial charge in [-0.25, -0.2) is 14.8 Å². The van der Waals surface area contributed by atoms with Crippen molar-refractivity contribution in [1.29, 1.82) is 0 Å². The van der Waals surface area contributed by atoms with Gasteiger partial charge in [0.05, 0.1) is 5.56 Å². The molecule has 17 heavy (non-hydrogen) atoms. The van der Waals surface area contributed by atoms with Gasteiger partial charge in [0.15, 0.2) is 5.65 Å². The molecular formula is C12H15N3O2. The van der Waals surface area contributed by atoms with Crippen LogP contribution in [0.15, 0.2) is 12.3 Å². The number of nitrogens with zero attached hydrogens (tertiary/aromatic N) is 3. The summed E-state index contributed by atoms with van der Waals surface area (Å²) in [6.07, 6.45) is 3.21. The molecule has 0 amide bonds. The van der Waals surface area contributed by atoms with E-state index in [9.17, 15) is 4.79 Å². The highest BCUT2D eigenvalue weighted by Crippen LogP contribution is 2.16. The Bertz CT molecular complexity index is 560. The van der Waals surface area contributed by atoms with E-state index in [1.54, 1.807) is 6.07 Å². The van der Waals surface area contributed by atoms with Gasteiger partial charge in [0, 0.05) is 19.2 Å². The Morgan fingerprint density at radius 3 is 2.82 bits per heavy atom. The molecule has 2 rings (SSSR count). The molecule has 0 spiro atoms. The molecule has 2 heterocycles. The third-order valence-electron chi connectivity index (χ3n) is 2.67. The van der Waals surface area contributed by atoms with Crippen molar-refractivity contribution >= 4 is 17.1 Å². The zero-order valence-electron chi connectivity index (χ0n) is 9.97. The normalized spacial score (nSPS) is 10.9. The third-order valence-corrected chi connectivity index (χ3v) is 2.67. The average Bonchev–Trinajstić information content (AvgIpc) is 2.67. The first-order chi connectivity index (χ1) is 8.17. The van der Waals surface area contributed by atoms with E-state index in [0.29, 0.717) is 5.52 Å². The maximum Gasteiger partial charge on any atom is 0.337 e. The lowest BCUT2D eigenvalue weighted by Gasteiger charge is -2.04. The molecule has 0 aliphatic carbocycles. The topological polar surface area (TPSA) is 68.0 Å². The molecule has 0 saturated heterocycles. The van der Waals surface area contributed by atoms with E-state index >= 15 is 0 Å². The largest absolute Gasteiger partial charge is 0.478 e. The van der Waals surface area contributed by atoms with Crippen LogP contribution in [0.3, 0.4) is 0 Å².